The van der Waals surface area contributed by atoms with Crippen LogP contribution in [0.25, 0.3) is 0 Å². The zero-order chi connectivity index (χ0) is 26.5. The van der Waals surface area contributed by atoms with Gasteiger partial charge in [-0.05, 0) is 67.5 Å². The van der Waals surface area contributed by atoms with E-state index in [9.17, 15) is 0 Å². The fraction of sp³-hybridized carbons (Fsp3) is 0.355. The van der Waals surface area contributed by atoms with E-state index in [1.54, 1.807) is 23.5 Å². The van der Waals surface area contributed by atoms with Crippen LogP contribution in [-0.2, 0) is 12.8 Å². The van der Waals surface area contributed by atoms with Crippen molar-refractivity contribution in [2.45, 2.75) is 81.9 Å². The van der Waals surface area contributed by atoms with Crippen molar-refractivity contribution in [3.05, 3.63) is 83.4 Å². The summed E-state index contributed by atoms with van der Waals surface area (Å²) in [6.45, 7) is 6.58. The van der Waals surface area contributed by atoms with Gasteiger partial charge in [-0.15, -0.1) is 0 Å². The highest BCUT2D eigenvalue weighted by Gasteiger charge is 2.13. The van der Waals surface area contributed by atoms with Crippen molar-refractivity contribution in [2.75, 3.05) is 10.6 Å². The SMILES string of the molecule is CCCCCc1ccccc1SC(=S)Nc1cccc(C)c1NC(=S)Sc1ccccc1CCCCC. The third-order valence-corrected chi connectivity index (χ3v) is 8.70. The summed E-state index contributed by atoms with van der Waals surface area (Å²) in [6.07, 6.45) is 9.53. The maximum absolute atomic E-state index is 5.80. The first-order valence-electron chi connectivity index (χ1n) is 13.2. The first kappa shape index (κ1) is 29.7. The Morgan fingerprint density at radius 1 is 0.649 bits per heavy atom. The number of hydrogen-bond donors (Lipinski definition) is 2. The summed E-state index contributed by atoms with van der Waals surface area (Å²) >= 11 is 14.8. The maximum Gasteiger partial charge on any atom is 0.143 e. The largest absolute Gasteiger partial charge is 0.339 e. The number of anilines is 2. The van der Waals surface area contributed by atoms with Gasteiger partial charge in [0.05, 0.1) is 11.4 Å². The van der Waals surface area contributed by atoms with Gasteiger partial charge in [-0.25, -0.2) is 0 Å². The quantitative estimate of drug-likeness (QED) is 0.128. The van der Waals surface area contributed by atoms with E-state index in [1.807, 2.05) is 6.07 Å². The number of nitrogens with one attached hydrogen (secondary N) is 2. The van der Waals surface area contributed by atoms with E-state index in [2.05, 4.69) is 92.1 Å². The zero-order valence-electron chi connectivity index (χ0n) is 22.1. The molecule has 0 unspecified atom stereocenters. The van der Waals surface area contributed by atoms with Crippen LogP contribution in [0.3, 0.4) is 0 Å². The van der Waals surface area contributed by atoms with E-state index in [-0.39, 0.29) is 0 Å². The predicted molar refractivity (Wildman–Crippen MR) is 175 cm³/mol. The van der Waals surface area contributed by atoms with Gasteiger partial charge in [0.15, 0.2) is 0 Å². The number of thioether (sulfide) groups is 2. The number of benzene rings is 3. The monoisotopic (exact) mass is 566 g/mol. The molecule has 0 saturated carbocycles. The fourth-order valence-corrected chi connectivity index (χ4v) is 6.51. The number of hydrogen-bond acceptors (Lipinski definition) is 4. The van der Waals surface area contributed by atoms with Gasteiger partial charge in [0.25, 0.3) is 0 Å². The van der Waals surface area contributed by atoms with Crippen LogP contribution in [0.5, 0.6) is 0 Å². The van der Waals surface area contributed by atoms with Gasteiger partial charge in [-0.1, -0.05) is 136 Å². The van der Waals surface area contributed by atoms with Crippen molar-refractivity contribution in [1.82, 2.24) is 0 Å². The molecule has 3 rings (SSSR count). The lowest BCUT2D eigenvalue weighted by atomic mass is 10.1. The van der Waals surface area contributed by atoms with Gasteiger partial charge in [0.1, 0.15) is 8.64 Å². The van der Waals surface area contributed by atoms with Crippen molar-refractivity contribution in [2.24, 2.45) is 0 Å². The van der Waals surface area contributed by atoms with Crippen molar-refractivity contribution >= 4 is 68.0 Å². The van der Waals surface area contributed by atoms with Crippen LogP contribution in [0.4, 0.5) is 11.4 Å². The Balaban J connectivity index is 1.68. The van der Waals surface area contributed by atoms with Gasteiger partial charge >= 0.3 is 0 Å². The zero-order valence-corrected chi connectivity index (χ0v) is 25.4. The van der Waals surface area contributed by atoms with E-state index in [1.165, 1.54) is 59.4 Å². The molecule has 0 aliphatic carbocycles. The highest BCUT2D eigenvalue weighted by atomic mass is 32.2. The van der Waals surface area contributed by atoms with Crippen LogP contribution < -0.4 is 10.6 Å². The first-order valence-corrected chi connectivity index (χ1v) is 15.7. The molecule has 2 N–H and O–H groups in total. The fourth-order valence-electron chi connectivity index (χ4n) is 4.15. The van der Waals surface area contributed by atoms with Gasteiger partial charge in [-0.2, -0.15) is 0 Å². The van der Waals surface area contributed by atoms with Gasteiger partial charge < -0.3 is 10.6 Å². The predicted octanol–water partition coefficient (Wildman–Crippen LogP) is 10.4. The molecule has 6 heteroatoms. The smallest absolute Gasteiger partial charge is 0.143 e. The topological polar surface area (TPSA) is 24.1 Å². The molecule has 37 heavy (non-hydrogen) atoms. The van der Waals surface area contributed by atoms with E-state index in [0.717, 1.165) is 38.4 Å². The Kier molecular flexibility index (Phi) is 13.0. The minimum absolute atomic E-state index is 0.733. The molecule has 0 atom stereocenters. The minimum Gasteiger partial charge on any atom is -0.339 e. The van der Waals surface area contributed by atoms with Crippen LogP contribution in [0.2, 0.25) is 0 Å². The summed E-state index contributed by atoms with van der Waals surface area (Å²) in [5, 5.41) is 6.97. The van der Waals surface area contributed by atoms with Crippen molar-refractivity contribution < 1.29 is 0 Å². The second-order valence-corrected chi connectivity index (χ2v) is 12.6. The molecule has 0 heterocycles. The third-order valence-electron chi connectivity index (χ3n) is 6.19. The molecule has 3 aromatic carbocycles. The van der Waals surface area contributed by atoms with E-state index in [4.69, 9.17) is 24.4 Å². The molecule has 0 saturated heterocycles. The highest BCUT2D eigenvalue weighted by Crippen LogP contribution is 2.33. The second-order valence-electron chi connectivity index (χ2n) is 9.16. The molecule has 0 aliphatic rings. The summed E-state index contributed by atoms with van der Waals surface area (Å²) < 4.78 is 1.47. The van der Waals surface area contributed by atoms with Crippen LogP contribution >= 0.6 is 48.0 Å². The first-order chi connectivity index (χ1) is 18.0. The Morgan fingerprint density at radius 3 is 1.70 bits per heavy atom. The molecule has 3 aromatic rings. The Bertz CT molecular complexity index is 1180. The lowest BCUT2D eigenvalue weighted by Crippen LogP contribution is -2.12. The Morgan fingerprint density at radius 2 is 1.16 bits per heavy atom. The molecular weight excluding hydrogens is 529 g/mol. The lowest BCUT2D eigenvalue weighted by Gasteiger charge is -2.18. The molecule has 0 aliphatic heterocycles. The summed E-state index contributed by atoms with van der Waals surface area (Å²) in [5.41, 5.74) is 5.77. The molecule has 0 radical (unpaired) electrons. The Hall–Kier alpha value is -1.86. The van der Waals surface area contributed by atoms with Gasteiger partial charge in [0.2, 0.25) is 0 Å². The van der Waals surface area contributed by atoms with Gasteiger partial charge in [-0.3, -0.25) is 0 Å². The number of para-hydroxylation sites is 1. The van der Waals surface area contributed by atoms with Crippen molar-refractivity contribution in [3.63, 3.8) is 0 Å². The normalized spacial score (nSPS) is 10.8. The highest BCUT2D eigenvalue weighted by molar-refractivity contribution is 8.23. The van der Waals surface area contributed by atoms with Crippen molar-refractivity contribution in [1.29, 1.82) is 0 Å². The van der Waals surface area contributed by atoms with Crippen LogP contribution in [0.1, 0.15) is 69.1 Å². The third kappa shape index (κ3) is 9.75. The number of unbranched alkanes of at least 4 members (excludes halogenated alkanes) is 4. The van der Waals surface area contributed by atoms with E-state index < -0.39 is 0 Å². The minimum atomic E-state index is 0.733. The second kappa shape index (κ2) is 16.2. The summed E-state index contributed by atoms with van der Waals surface area (Å²) in [5.74, 6) is 0. The van der Waals surface area contributed by atoms with Crippen LogP contribution in [0.15, 0.2) is 76.5 Å². The molecule has 0 spiro atoms. The van der Waals surface area contributed by atoms with Gasteiger partial charge in [0, 0.05) is 9.79 Å². The maximum atomic E-state index is 5.80. The van der Waals surface area contributed by atoms with Crippen LogP contribution in [-0.4, -0.2) is 8.64 Å². The number of thiocarbonyl (C=S) groups is 2. The molecular formula is C31H38N2S4. The van der Waals surface area contributed by atoms with E-state index in [0.29, 0.717) is 0 Å². The molecule has 0 fully saturated rings. The molecule has 0 bridgehead atoms. The summed E-state index contributed by atoms with van der Waals surface area (Å²) in [4.78, 5) is 2.45. The van der Waals surface area contributed by atoms with Crippen molar-refractivity contribution in [3.8, 4) is 0 Å². The summed E-state index contributed by atoms with van der Waals surface area (Å²) in [6, 6.07) is 23.4. The van der Waals surface area contributed by atoms with Crippen LogP contribution in [0, 0.1) is 6.92 Å². The molecule has 0 amide bonds. The Labute approximate surface area is 242 Å². The average Bonchev–Trinajstić information content (AvgIpc) is 2.88. The summed E-state index contributed by atoms with van der Waals surface area (Å²) in [7, 11) is 0. The molecule has 196 valence electrons. The lowest BCUT2D eigenvalue weighted by molar-refractivity contribution is 0.712. The molecule has 2 nitrogen and oxygen atoms in total. The average molecular weight is 567 g/mol. The standard InChI is InChI=1S/C31H38N2S4/c1-4-6-8-16-24-18-10-12-21-27(24)36-30(34)32-26-20-14-15-23(3)29(26)33-31(35)37-28-22-13-11-19-25(28)17-9-7-5-2/h10-15,18-22H,4-9,16-17H2,1-3H3,(H,32,34)(H,33,35). The number of rotatable bonds is 12. The number of aryl methyl sites for hydroxylation is 3. The van der Waals surface area contributed by atoms with E-state index >= 15 is 0 Å². The molecule has 0 aromatic heterocycles.